The minimum Gasteiger partial charge on any atom is -0.748 e. The molecule has 0 amide bonds. The lowest BCUT2D eigenvalue weighted by molar-refractivity contribution is -0.185. The SMILES string of the molecule is CNN([O-])OC1CCNC1. The van der Waals surface area contributed by atoms with Crippen molar-refractivity contribution < 1.29 is 4.84 Å². The van der Waals surface area contributed by atoms with Crippen molar-refractivity contribution in [2.45, 2.75) is 12.5 Å². The molecule has 1 saturated heterocycles. The first-order valence-corrected chi connectivity index (χ1v) is 3.35. The van der Waals surface area contributed by atoms with Gasteiger partial charge >= 0.3 is 0 Å². The van der Waals surface area contributed by atoms with Crippen LogP contribution in [-0.2, 0) is 4.84 Å². The first-order chi connectivity index (χ1) is 4.83. The Kier molecular flexibility index (Phi) is 3.04. The van der Waals surface area contributed by atoms with Crippen LogP contribution in [-0.4, -0.2) is 31.6 Å². The maximum absolute atomic E-state index is 10.5. The molecule has 1 fully saturated rings. The van der Waals surface area contributed by atoms with Crippen LogP contribution in [0.2, 0.25) is 0 Å². The fourth-order valence-corrected chi connectivity index (χ4v) is 0.906. The van der Waals surface area contributed by atoms with E-state index in [2.05, 4.69) is 10.7 Å². The zero-order chi connectivity index (χ0) is 7.40. The van der Waals surface area contributed by atoms with E-state index >= 15 is 0 Å². The molecule has 0 aliphatic carbocycles. The second-order valence-corrected chi connectivity index (χ2v) is 2.20. The smallest absolute Gasteiger partial charge is 0.0933 e. The molecule has 1 heterocycles. The zero-order valence-electron chi connectivity index (χ0n) is 5.96. The van der Waals surface area contributed by atoms with E-state index < -0.39 is 0 Å². The Morgan fingerprint density at radius 1 is 1.80 bits per heavy atom. The molecular formula is C5H12N3O2-. The summed E-state index contributed by atoms with van der Waals surface area (Å²) >= 11 is 0. The van der Waals surface area contributed by atoms with Crippen LogP contribution in [0.25, 0.3) is 0 Å². The third-order valence-electron chi connectivity index (χ3n) is 1.44. The largest absolute Gasteiger partial charge is 0.748 e. The molecule has 0 bridgehead atoms. The second-order valence-electron chi connectivity index (χ2n) is 2.20. The van der Waals surface area contributed by atoms with Gasteiger partial charge in [-0.05, 0) is 20.0 Å². The third-order valence-corrected chi connectivity index (χ3v) is 1.44. The first kappa shape index (κ1) is 7.90. The highest BCUT2D eigenvalue weighted by atomic mass is 16.9. The van der Waals surface area contributed by atoms with Gasteiger partial charge in [-0.1, -0.05) is 0 Å². The van der Waals surface area contributed by atoms with Crippen molar-refractivity contribution in [2.24, 2.45) is 0 Å². The standard InChI is InChI=1S/C5H12N3O2/c1-6-8(9)10-5-2-3-7-4-5/h5-7H,2-4H2,1H3/q-1. The number of nitrogens with zero attached hydrogens (tertiary/aromatic N) is 1. The molecule has 1 rings (SSSR count). The number of nitrogens with one attached hydrogen (secondary N) is 2. The summed E-state index contributed by atoms with van der Waals surface area (Å²) in [6, 6.07) is 0. The molecular weight excluding hydrogens is 134 g/mol. The van der Waals surface area contributed by atoms with Crippen LogP contribution in [0.1, 0.15) is 6.42 Å². The van der Waals surface area contributed by atoms with Crippen LogP contribution < -0.4 is 10.7 Å². The van der Waals surface area contributed by atoms with Crippen LogP contribution in [0.4, 0.5) is 0 Å². The van der Waals surface area contributed by atoms with E-state index in [0.29, 0.717) is 5.34 Å². The molecule has 0 radical (unpaired) electrons. The number of hydrogen-bond acceptors (Lipinski definition) is 5. The van der Waals surface area contributed by atoms with Gasteiger partial charge in [0.1, 0.15) is 0 Å². The summed E-state index contributed by atoms with van der Waals surface area (Å²) in [4.78, 5) is 4.86. The molecule has 1 aliphatic rings. The monoisotopic (exact) mass is 146 g/mol. The van der Waals surface area contributed by atoms with Crippen LogP contribution in [0.5, 0.6) is 0 Å². The quantitative estimate of drug-likeness (QED) is 0.511. The summed E-state index contributed by atoms with van der Waals surface area (Å²) in [7, 11) is 1.52. The summed E-state index contributed by atoms with van der Waals surface area (Å²) < 4.78 is 0. The van der Waals surface area contributed by atoms with Gasteiger partial charge in [-0.3, -0.25) is 4.84 Å². The molecule has 5 nitrogen and oxygen atoms in total. The lowest BCUT2D eigenvalue weighted by Gasteiger charge is -2.28. The summed E-state index contributed by atoms with van der Waals surface area (Å²) in [5, 5.41) is 14.0. The Bertz CT molecular complexity index is 94.9. The molecule has 60 valence electrons. The topological polar surface area (TPSA) is 59.6 Å². The molecule has 0 aromatic rings. The highest BCUT2D eigenvalue weighted by Crippen LogP contribution is 2.03. The maximum atomic E-state index is 10.5. The summed E-state index contributed by atoms with van der Waals surface area (Å²) in [5.74, 6) is 0. The summed E-state index contributed by atoms with van der Waals surface area (Å²) in [5.41, 5.74) is 2.32. The maximum Gasteiger partial charge on any atom is 0.0933 e. The van der Waals surface area contributed by atoms with Crippen LogP contribution >= 0.6 is 0 Å². The molecule has 0 aromatic heterocycles. The third kappa shape index (κ3) is 2.20. The first-order valence-electron chi connectivity index (χ1n) is 3.35. The van der Waals surface area contributed by atoms with Gasteiger partial charge in [0.25, 0.3) is 0 Å². The molecule has 10 heavy (non-hydrogen) atoms. The van der Waals surface area contributed by atoms with E-state index in [1.165, 1.54) is 7.05 Å². The van der Waals surface area contributed by atoms with Gasteiger partial charge in [-0.25, -0.2) is 5.43 Å². The van der Waals surface area contributed by atoms with E-state index in [4.69, 9.17) is 4.84 Å². The van der Waals surface area contributed by atoms with Crippen molar-refractivity contribution in [1.82, 2.24) is 16.1 Å². The summed E-state index contributed by atoms with van der Waals surface area (Å²) in [6.45, 7) is 1.70. The van der Waals surface area contributed by atoms with Crippen LogP contribution in [0, 0.1) is 5.21 Å². The second kappa shape index (κ2) is 3.85. The molecule has 0 aromatic carbocycles. The van der Waals surface area contributed by atoms with Gasteiger partial charge < -0.3 is 10.5 Å². The summed E-state index contributed by atoms with van der Waals surface area (Å²) in [6.07, 6.45) is 0.936. The zero-order valence-corrected chi connectivity index (χ0v) is 5.96. The molecule has 5 heteroatoms. The highest BCUT2D eigenvalue weighted by Gasteiger charge is 2.14. The average molecular weight is 146 g/mol. The molecule has 1 aliphatic heterocycles. The predicted molar refractivity (Wildman–Crippen MR) is 36.6 cm³/mol. The van der Waals surface area contributed by atoms with Crippen molar-refractivity contribution >= 4 is 0 Å². The number of rotatable bonds is 3. The van der Waals surface area contributed by atoms with Gasteiger partial charge in [0.05, 0.1) is 6.10 Å². The minimum atomic E-state index is 0.0324. The van der Waals surface area contributed by atoms with Crippen LogP contribution in [0.15, 0.2) is 0 Å². The van der Waals surface area contributed by atoms with E-state index in [9.17, 15) is 5.21 Å². The molecule has 2 N–H and O–H groups in total. The fourth-order valence-electron chi connectivity index (χ4n) is 0.906. The van der Waals surface area contributed by atoms with Crippen molar-refractivity contribution in [1.29, 1.82) is 0 Å². The van der Waals surface area contributed by atoms with E-state index in [-0.39, 0.29) is 6.10 Å². The fraction of sp³-hybridized carbons (Fsp3) is 1.00. The Labute approximate surface area is 59.8 Å². The van der Waals surface area contributed by atoms with E-state index in [0.717, 1.165) is 19.5 Å². The van der Waals surface area contributed by atoms with E-state index in [1.54, 1.807) is 0 Å². The van der Waals surface area contributed by atoms with Gasteiger partial charge in [0.2, 0.25) is 0 Å². The van der Waals surface area contributed by atoms with Crippen LogP contribution in [0.3, 0.4) is 0 Å². The normalized spacial score (nSPS) is 26.1. The highest BCUT2D eigenvalue weighted by molar-refractivity contribution is 4.70. The molecule has 1 unspecified atom stereocenters. The van der Waals surface area contributed by atoms with Crippen molar-refractivity contribution in [3.63, 3.8) is 0 Å². The number of hydrazine groups is 1. The van der Waals surface area contributed by atoms with Gasteiger partial charge in [0.15, 0.2) is 0 Å². The molecule has 1 atom stereocenters. The van der Waals surface area contributed by atoms with Crippen molar-refractivity contribution in [3.05, 3.63) is 5.21 Å². The Morgan fingerprint density at radius 2 is 2.60 bits per heavy atom. The van der Waals surface area contributed by atoms with E-state index in [1.807, 2.05) is 0 Å². The van der Waals surface area contributed by atoms with Gasteiger partial charge in [-0.2, -0.15) is 5.34 Å². The van der Waals surface area contributed by atoms with Crippen molar-refractivity contribution in [3.8, 4) is 0 Å². The molecule has 0 spiro atoms. The number of hydrogen-bond donors (Lipinski definition) is 2. The lowest BCUT2D eigenvalue weighted by Crippen LogP contribution is -2.34. The van der Waals surface area contributed by atoms with Gasteiger partial charge in [0, 0.05) is 6.54 Å². The van der Waals surface area contributed by atoms with Gasteiger partial charge in [-0.15, -0.1) is 0 Å². The minimum absolute atomic E-state index is 0.0324. The Morgan fingerprint density at radius 3 is 3.10 bits per heavy atom. The Balaban J connectivity index is 2.11. The average Bonchev–Trinajstić information content (AvgIpc) is 2.40. The predicted octanol–water partition coefficient (Wildman–Crippen LogP) is -0.786. The molecule has 0 saturated carbocycles. The lowest BCUT2D eigenvalue weighted by atomic mass is 10.3. The van der Waals surface area contributed by atoms with Crippen molar-refractivity contribution in [2.75, 3.05) is 20.1 Å². The Hall–Kier alpha value is -0.200.